The van der Waals surface area contributed by atoms with Crippen LogP contribution in [0.5, 0.6) is 6.01 Å². The first kappa shape index (κ1) is 32.9. The van der Waals surface area contributed by atoms with Crippen LogP contribution < -0.4 is 15.4 Å². The van der Waals surface area contributed by atoms with Crippen LogP contribution in [0.1, 0.15) is 51.0 Å². The number of anilines is 2. The van der Waals surface area contributed by atoms with Crippen LogP contribution in [0.2, 0.25) is 5.02 Å². The number of benzene rings is 2. The van der Waals surface area contributed by atoms with Crippen molar-refractivity contribution in [3.05, 3.63) is 40.4 Å². The van der Waals surface area contributed by atoms with E-state index in [9.17, 15) is 19.7 Å². The number of carbonyl (C=O) groups is 1. The Balaban J connectivity index is 1.25. The summed E-state index contributed by atoms with van der Waals surface area (Å²) in [5.74, 6) is -1.30. The second-order valence-electron chi connectivity index (χ2n) is 14.1. The van der Waals surface area contributed by atoms with Crippen LogP contribution >= 0.6 is 22.9 Å². The topological polar surface area (TPSA) is 135 Å². The minimum atomic E-state index is -0.753. The molecule has 4 fully saturated rings. The van der Waals surface area contributed by atoms with Gasteiger partial charge in [0.2, 0.25) is 5.91 Å². The lowest BCUT2D eigenvalue weighted by atomic mass is 9.77. The number of hydrogen-bond acceptors (Lipinski definition) is 10. The van der Waals surface area contributed by atoms with Gasteiger partial charge in [0.1, 0.15) is 34.3 Å². The molecule has 50 heavy (non-hydrogen) atoms. The molecule has 1 spiro atoms. The standard InChI is InChI=1S/C36H35ClF2N8O2S/c1-18(26-5-3-10-45(26)2)49-35-43-30-22(14-24(37)28(29(30)39)20-6-7-25(38)31-27(20)23(16-41)32(42)50-31)33(44-35)46-11-4-8-36(17-46)9-12-47(36)34(48)21-13-19(21)15-40/h6-7,14,18-19,21,26H,3-5,8-13,17,42H2,1-2H3/t18-,19-,21+,26?,36?/m0/s1. The maximum Gasteiger partial charge on any atom is 0.319 e. The van der Waals surface area contributed by atoms with Gasteiger partial charge in [0.15, 0.2) is 5.82 Å². The fourth-order valence-electron chi connectivity index (χ4n) is 8.40. The van der Waals surface area contributed by atoms with Gasteiger partial charge in [0, 0.05) is 42.0 Å². The van der Waals surface area contributed by atoms with Crippen molar-refractivity contribution < 1.29 is 18.3 Å². The molecule has 2 aromatic heterocycles. The van der Waals surface area contributed by atoms with E-state index in [-0.39, 0.29) is 78.2 Å². The van der Waals surface area contributed by atoms with E-state index >= 15 is 4.39 Å². The number of nitrogens with zero attached hydrogens (tertiary/aromatic N) is 7. The average Bonchev–Trinajstić information content (AvgIpc) is 3.64. The quantitative estimate of drug-likeness (QED) is 0.238. The zero-order chi connectivity index (χ0) is 35.1. The lowest BCUT2D eigenvalue weighted by Gasteiger charge is -2.57. The number of thiophene rings is 1. The molecular formula is C36H35ClF2N8O2S. The van der Waals surface area contributed by atoms with Crippen molar-refractivity contribution in [3.8, 4) is 29.3 Å². The summed E-state index contributed by atoms with van der Waals surface area (Å²) in [6.45, 7) is 4.64. The first-order valence-electron chi connectivity index (χ1n) is 17.0. The summed E-state index contributed by atoms with van der Waals surface area (Å²) in [4.78, 5) is 29.2. The number of likely N-dealkylation sites (N-methyl/N-ethyl adjacent to an activating group) is 1. The normalized spacial score (nSPS) is 25.5. The molecule has 2 N–H and O–H groups in total. The van der Waals surface area contributed by atoms with E-state index in [4.69, 9.17) is 27.1 Å². The Morgan fingerprint density at radius 2 is 2.02 bits per heavy atom. The van der Waals surface area contributed by atoms with Crippen LogP contribution in [0.15, 0.2) is 18.2 Å². The van der Waals surface area contributed by atoms with Gasteiger partial charge in [0.25, 0.3) is 0 Å². The number of fused-ring (bicyclic) bond motifs is 2. The summed E-state index contributed by atoms with van der Waals surface area (Å²) < 4.78 is 38.6. The van der Waals surface area contributed by atoms with Crippen molar-refractivity contribution in [1.82, 2.24) is 19.8 Å². The number of piperidine rings is 1. The number of nitriles is 2. The molecule has 5 atom stereocenters. The van der Waals surface area contributed by atoms with Gasteiger partial charge in [-0.15, -0.1) is 11.3 Å². The molecule has 5 heterocycles. The number of hydrogen-bond donors (Lipinski definition) is 1. The summed E-state index contributed by atoms with van der Waals surface area (Å²) in [6.07, 6.45) is 4.73. The van der Waals surface area contributed by atoms with E-state index in [1.54, 1.807) is 6.07 Å². The third-order valence-electron chi connectivity index (χ3n) is 11.2. The summed E-state index contributed by atoms with van der Waals surface area (Å²) >= 11 is 7.84. The molecule has 10 nitrogen and oxygen atoms in total. The molecule has 4 aromatic rings. The van der Waals surface area contributed by atoms with Crippen molar-refractivity contribution in [2.45, 2.75) is 63.1 Å². The van der Waals surface area contributed by atoms with Gasteiger partial charge in [-0.2, -0.15) is 20.5 Å². The second kappa shape index (κ2) is 12.2. The maximum absolute atomic E-state index is 17.1. The molecular weight excluding hydrogens is 682 g/mol. The molecule has 1 saturated carbocycles. The minimum Gasteiger partial charge on any atom is -0.459 e. The van der Waals surface area contributed by atoms with Crippen molar-refractivity contribution >= 4 is 60.7 Å². The molecule has 3 saturated heterocycles. The number of likely N-dealkylation sites (tertiary alicyclic amines) is 2. The van der Waals surface area contributed by atoms with E-state index < -0.39 is 17.2 Å². The van der Waals surface area contributed by atoms with Crippen LogP contribution in [0.3, 0.4) is 0 Å². The highest BCUT2D eigenvalue weighted by molar-refractivity contribution is 7.23. The van der Waals surface area contributed by atoms with Crippen molar-refractivity contribution in [2.24, 2.45) is 11.8 Å². The van der Waals surface area contributed by atoms with Crippen LogP contribution in [0.25, 0.3) is 32.1 Å². The molecule has 4 aliphatic rings. The van der Waals surface area contributed by atoms with Crippen LogP contribution in [0, 0.1) is 46.1 Å². The third kappa shape index (κ3) is 5.12. The van der Waals surface area contributed by atoms with Gasteiger partial charge >= 0.3 is 6.01 Å². The average molecular weight is 717 g/mol. The van der Waals surface area contributed by atoms with Crippen LogP contribution in [-0.2, 0) is 4.79 Å². The SMILES string of the molecule is C[C@H](Oc1nc(N2CCCC3(CCN3C(=O)[C@@H]3C[C@H]3C#N)C2)c2cc(Cl)c(-c3ccc(F)c4sc(N)c(C#N)c34)c(F)c2n1)C1CCCN1C. The molecule has 0 bridgehead atoms. The molecule has 3 aliphatic heterocycles. The predicted molar refractivity (Wildman–Crippen MR) is 188 cm³/mol. The second-order valence-corrected chi connectivity index (χ2v) is 15.6. The molecule has 2 unspecified atom stereocenters. The first-order chi connectivity index (χ1) is 24.0. The maximum atomic E-state index is 17.1. The number of carbonyl (C=O) groups excluding carboxylic acids is 1. The van der Waals surface area contributed by atoms with Crippen LogP contribution in [0.4, 0.5) is 19.6 Å². The minimum absolute atomic E-state index is 0.0187. The first-order valence-corrected chi connectivity index (χ1v) is 18.2. The number of ether oxygens (including phenoxy) is 1. The molecule has 14 heteroatoms. The summed E-state index contributed by atoms with van der Waals surface area (Å²) in [6, 6.07) is 8.67. The van der Waals surface area contributed by atoms with Gasteiger partial charge in [0.05, 0.1) is 38.7 Å². The van der Waals surface area contributed by atoms with Gasteiger partial charge in [-0.25, -0.2) is 8.78 Å². The Bertz CT molecular complexity index is 2170. The van der Waals surface area contributed by atoms with E-state index in [0.717, 1.165) is 50.0 Å². The van der Waals surface area contributed by atoms with Crippen molar-refractivity contribution in [3.63, 3.8) is 0 Å². The van der Waals surface area contributed by atoms with Gasteiger partial charge in [-0.3, -0.25) is 9.69 Å². The summed E-state index contributed by atoms with van der Waals surface area (Å²) in [5.41, 5.74) is 5.92. The Kier molecular flexibility index (Phi) is 8.01. The van der Waals surface area contributed by atoms with Crippen molar-refractivity contribution in [1.29, 1.82) is 10.5 Å². The Labute approximate surface area is 297 Å². The number of aromatic nitrogens is 2. The zero-order valence-electron chi connectivity index (χ0n) is 27.7. The molecule has 2 aromatic carbocycles. The summed E-state index contributed by atoms with van der Waals surface area (Å²) in [7, 11) is 2.05. The number of nitrogens with two attached hydrogens (primary N) is 1. The van der Waals surface area contributed by atoms with Gasteiger partial charge < -0.3 is 20.3 Å². The number of nitrogen functional groups attached to an aromatic ring is 1. The molecule has 8 rings (SSSR count). The highest BCUT2D eigenvalue weighted by Gasteiger charge is 2.55. The van der Waals surface area contributed by atoms with Gasteiger partial charge in [-0.05, 0) is 76.7 Å². The third-order valence-corrected chi connectivity index (χ3v) is 12.5. The fraction of sp³-hybridized carbons (Fsp3) is 0.472. The Hall–Kier alpha value is -4.30. The monoisotopic (exact) mass is 716 g/mol. The molecule has 0 radical (unpaired) electrons. The molecule has 258 valence electrons. The van der Waals surface area contributed by atoms with Crippen LogP contribution in [-0.4, -0.2) is 76.6 Å². The lowest BCUT2D eigenvalue weighted by Crippen LogP contribution is -2.69. The Morgan fingerprint density at radius 3 is 2.70 bits per heavy atom. The highest BCUT2D eigenvalue weighted by atomic mass is 35.5. The van der Waals surface area contributed by atoms with E-state index in [1.165, 1.54) is 12.1 Å². The smallest absolute Gasteiger partial charge is 0.319 e. The molecule has 1 amide bonds. The number of amides is 1. The van der Waals surface area contributed by atoms with Gasteiger partial charge in [-0.1, -0.05) is 17.7 Å². The predicted octanol–water partition coefficient (Wildman–Crippen LogP) is 6.49. The summed E-state index contributed by atoms with van der Waals surface area (Å²) in [5, 5.41) is 20.0. The van der Waals surface area contributed by atoms with E-state index in [1.807, 2.05) is 24.9 Å². The Morgan fingerprint density at radius 1 is 1.20 bits per heavy atom. The highest BCUT2D eigenvalue weighted by Crippen LogP contribution is 2.49. The fourth-order valence-corrected chi connectivity index (χ4v) is 9.64. The largest absolute Gasteiger partial charge is 0.459 e. The number of rotatable bonds is 6. The van der Waals surface area contributed by atoms with E-state index in [2.05, 4.69) is 20.9 Å². The number of halogens is 3. The lowest BCUT2D eigenvalue weighted by molar-refractivity contribution is -0.150. The zero-order valence-corrected chi connectivity index (χ0v) is 29.3. The molecule has 1 aliphatic carbocycles. The van der Waals surface area contributed by atoms with E-state index in [0.29, 0.717) is 37.3 Å². The van der Waals surface area contributed by atoms with Crippen molar-refractivity contribution in [2.75, 3.05) is 43.9 Å².